The molecule has 0 atom stereocenters. The summed E-state index contributed by atoms with van der Waals surface area (Å²) in [5.41, 5.74) is 8.71. The van der Waals surface area contributed by atoms with E-state index in [1.54, 1.807) is 0 Å². The molecule has 0 spiro atoms. The lowest BCUT2D eigenvalue weighted by Gasteiger charge is -2.03. The molecule has 3 aromatic rings. The number of fused-ring (bicyclic) bond motifs is 1. The third-order valence-electron chi connectivity index (χ3n) is 5.19. The fourth-order valence-corrected chi connectivity index (χ4v) is 3.64. The SMILES string of the molecule is CC.CC/C=C/c1c(-c2c(C)nn(C)c2C)[nH]c2ccc(C3CC3)cc12. The van der Waals surface area contributed by atoms with Gasteiger partial charge in [-0.05, 0) is 56.7 Å². The summed E-state index contributed by atoms with van der Waals surface area (Å²) < 4.78 is 1.97. The van der Waals surface area contributed by atoms with Crippen LogP contribution in [-0.4, -0.2) is 14.8 Å². The number of benzene rings is 1. The van der Waals surface area contributed by atoms with E-state index in [1.165, 1.54) is 51.8 Å². The molecule has 0 bridgehead atoms. The van der Waals surface area contributed by atoms with Crippen molar-refractivity contribution in [1.82, 2.24) is 14.8 Å². The molecule has 2 aromatic heterocycles. The number of nitrogens with zero attached hydrogens (tertiary/aromatic N) is 2. The summed E-state index contributed by atoms with van der Waals surface area (Å²) >= 11 is 0. The minimum Gasteiger partial charge on any atom is -0.354 e. The number of aromatic amines is 1. The summed E-state index contributed by atoms with van der Waals surface area (Å²) in [5, 5.41) is 5.94. The van der Waals surface area contributed by atoms with Gasteiger partial charge in [0.1, 0.15) is 0 Å². The van der Waals surface area contributed by atoms with Crippen molar-refractivity contribution < 1.29 is 0 Å². The van der Waals surface area contributed by atoms with E-state index in [1.807, 2.05) is 25.6 Å². The second-order valence-corrected chi connectivity index (χ2v) is 6.97. The molecule has 3 nitrogen and oxygen atoms in total. The molecule has 0 unspecified atom stereocenters. The fraction of sp³-hybridized carbons (Fsp3) is 0.435. The van der Waals surface area contributed by atoms with Crippen LogP contribution in [0, 0.1) is 13.8 Å². The summed E-state index contributed by atoms with van der Waals surface area (Å²) in [7, 11) is 2.02. The lowest BCUT2D eigenvalue weighted by atomic mass is 10.0. The fourth-order valence-electron chi connectivity index (χ4n) is 3.64. The Bertz CT molecular complexity index is 936. The van der Waals surface area contributed by atoms with E-state index in [2.05, 4.69) is 61.2 Å². The Morgan fingerprint density at radius 3 is 2.54 bits per heavy atom. The Hall–Kier alpha value is -2.29. The van der Waals surface area contributed by atoms with Crippen LogP contribution in [0.25, 0.3) is 28.2 Å². The lowest BCUT2D eigenvalue weighted by molar-refractivity contribution is 0.731. The molecule has 138 valence electrons. The molecule has 1 aromatic carbocycles. The van der Waals surface area contributed by atoms with E-state index < -0.39 is 0 Å². The van der Waals surface area contributed by atoms with Gasteiger partial charge in [0.25, 0.3) is 0 Å². The Kier molecular flexibility index (Phi) is 5.36. The number of aromatic nitrogens is 3. The summed E-state index contributed by atoms with van der Waals surface area (Å²) in [6, 6.07) is 6.93. The maximum absolute atomic E-state index is 4.61. The van der Waals surface area contributed by atoms with Gasteiger partial charge >= 0.3 is 0 Å². The van der Waals surface area contributed by atoms with Crippen LogP contribution in [0.5, 0.6) is 0 Å². The number of hydrogen-bond acceptors (Lipinski definition) is 1. The Morgan fingerprint density at radius 2 is 1.96 bits per heavy atom. The van der Waals surface area contributed by atoms with Crippen molar-refractivity contribution in [3.05, 3.63) is 46.8 Å². The zero-order valence-electron chi connectivity index (χ0n) is 17.0. The molecule has 2 heterocycles. The molecule has 0 aliphatic heterocycles. The highest BCUT2D eigenvalue weighted by atomic mass is 15.3. The van der Waals surface area contributed by atoms with E-state index >= 15 is 0 Å². The highest BCUT2D eigenvalue weighted by Gasteiger charge is 2.25. The summed E-state index contributed by atoms with van der Waals surface area (Å²) in [6.07, 6.45) is 8.24. The van der Waals surface area contributed by atoms with Crippen LogP contribution in [0.2, 0.25) is 0 Å². The molecule has 1 aliphatic carbocycles. The van der Waals surface area contributed by atoms with Crippen molar-refractivity contribution in [3.8, 4) is 11.3 Å². The number of aryl methyl sites for hydroxylation is 2. The van der Waals surface area contributed by atoms with Gasteiger partial charge in [0, 0.05) is 34.8 Å². The minimum absolute atomic E-state index is 0.776. The van der Waals surface area contributed by atoms with Crippen LogP contribution in [0.15, 0.2) is 24.3 Å². The molecular formula is C23H31N3. The van der Waals surface area contributed by atoms with E-state index in [9.17, 15) is 0 Å². The van der Waals surface area contributed by atoms with Gasteiger partial charge in [0.2, 0.25) is 0 Å². The minimum atomic E-state index is 0.776. The Labute approximate surface area is 157 Å². The van der Waals surface area contributed by atoms with Crippen LogP contribution in [0.1, 0.15) is 68.5 Å². The van der Waals surface area contributed by atoms with Gasteiger partial charge < -0.3 is 4.98 Å². The number of allylic oxidation sites excluding steroid dienone is 1. The van der Waals surface area contributed by atoms with Gasteiger partial charge in [0.15, 0.2) is 0 Å². The third kappa shape index (κ3) is 3.23. The molecule has 3 heteroatoms. The molecule has 4 rings (SSSR count). The predicted molar refractivity (Wildman–Crippen MR) is 113 cm³/mol. The molecule has 1 fully saturated rings. The molecule has 0 amide bonds. The summed E-state index contributed by atoms with van der Waals surface area (Å²) in [6.45, 7) is 10.4. The standard InChI is InChI=1S/C21H25N3.C2H6/c1-5-6-7-17-18-12-16(15-8-9-15)10-11-19(18)22-21(17)20-13(2)23-24(4)14(20)3;1-2/h6-7,10-12,15,22H,5,8-9H2,1-4H3;1-2H3/b7-6+;. The first kappa shape index (κ1) is 18.5. The normalized spacial score (nSPS) is 14.1. The van der Waals surface area contributed by atoms with Crippen LogP contribution >= 0.6 is 0 Å². The molecule has 1 aliphatic rings. The first-order valence-electron chi connectivity index (χ1n) is 9.92. The average Bonchev–Trinajstić information content (AvgIpc) is 3.39. The van der Waals surface area contributed by atoms with Crippen molar-refractivity contribution in [2.75, 3.05) is 0 Å². The van der Waals surface area contributed by atoms with E-state index in [0.29, 0.717) is 0 Å². The molecule has 26 heavy (non-hydrogen) atoms. The van der Waals surface area contributed by atoms with Crippen LogP contribution in [0.4, 0.5) is 0 Å². The predicted octanol–water partition coefficient (Wildman–Crippen LogP) is 6.51. The average molecular weight is 350 g/mol. The molecule has 0 saturated heterocycles. The quantitative estimate of drug-likeness (QED) is 0.572. The van der Waals surface area contributed by atoms with E-state index in [-0.39, 0.29) is 0 Å². The molecule has 1 N–H and O–H groups in total. The first-order chi connectivity index (χ1) is 12.6. The van der Waals surface area contributed by atoms with E-state index in [0.717, 1.165) is 18.0 Å². The Morgan fingerprint density at radius 1 is 1.23 bits per heavy atom. The van der Waals surface area contributed by atoms with Gasteiger partial charge in [-0.1, -0.05) is 39.0 Å². The summed E-state index contributed by atoms with van der Waals surface area (Å²) in [4.78, 5) is 3.67. The van der Waals surface area contributed by atoms with Crippen molar-refractivity contribution in [2.45, 2.75) is 59.8 Å². The first-order valence-corrected chi connectivity index (χ1v) is 9.92. The maximum Gasteiger partial charge on any atom is 0.0689 e. The highest BCUT2D eigenvalue weighted by molar-refractivity contribution is 5.97. The molecule has 1 saturated carbocycles. The highest BCUT2D eigenvalue weighted by Crippen LogP contribution is 2.42. The topological polar surface area (TPSA) is 33.6 Å². The van der Waals surface area contributed by atoms with Gasteiger partial charge in [-0.3, -0.25) is 4.68 Å². The van der Waals surface area contributed by atoms with Crippen LogP contribution in [-0.2, 0) is 7.05 Å². The largest absolute Gasteiger partial charge is 0.354 e. The zero-order chi connectivity index (χ0) is 18.8. The lowest BCUT2D eigenvalue weighted by Crippen LogP contribution is -1.93. The van der Waals surface area contributed by atoms with Crippen LogP contribution in [0.3, 0.4) is 0 Å². The molecular weight excluding hydrogens is 318 g/mol. The Balaban J connectivity index is 0.000000948. The number of hydrogen-bond donors (Lipinski definition) is 1. The number of rotatable bonds is 4. The van der Waals surface area contributed by atoms with Crippen molar-refractivity contribution in [3.63, 3.8) is 0 Å². The number of H-pyrrole nitrogens is 1. The maximum atomic E-state index is 4.61. The third-order valence-corrected chi connectivity index (χ3v) is 5.19. The zero-order valence-corrected chi connectivity index (χ0v) is 17.0. The molecule has 0 radical (unpaired) electrons. The van der Waals surface area contributed by atoms with Crippen molar-refractivity contribution in [2.24, 2.45) is 7.05 Å². The smallest absolute Gasteiger partial charge is 0.0689 e. The van der Waals surface area contributed by atoms with Gasteiger partial charge in [-0.2, -0.15) is 5.10 Å². The van der Waals surface area contributed by atoms with Crippen molar-refractivity contribution in [1.29, 1.82) is 0 Å². The monoisotopic (exact) mass is 349 g/mol. The van der Waals surface area contributed by atoms with Gasteiger partial charge in [-0.25, -0.2) is 0 Å². The number of nitrogens with one attached hydrogen (secondary N) is 1. The van der Waals surface area contributed by atoms with E-state index in [4.69, 9.17) is 0 Å². The second kappa shape index (κ2) is 7.53. The van der Waals surface area contributed by atoms with Gasteiger partial charge in [-0.15, -0.1) is 0 Å². The van der Waals surface area contributed by atoms with Crippen molar-refractivity contribution >= 4 is 17.0 Å². The summed E-state index contributed by atoms with van der Waals surface area (Å²) in [5.74, 6) is 0.776. The second-order valence-electron chi connectivity index (χ2n) is 6.97. The van der Waals surface area contributed by atoms with Crippen LogP contribution < -0.4 is 0 Å². The van der Waals surface area contributed by atoms with Gasteiger partial charge in [0.05, 0.1) is 11.4 Å².